The van der Waals surface area contributed by atoms with Gasteiger partial charge in [-0.1, -0.05) is 18.3 Å². The molecule has 2 heterocycles. The molecule has 2 aromatic heterocycles. The average molecular weight is 265 g/mol. The van der Waals surface area contributed by atoms with Gasteiger partial charge >= 0.3 is 0 Å². The van der Waals surface area contributed by atoms with E-state index in [-0.39, 0.29) is 6.04 Å². The molecule has 98 valence electrons. The highest BCUT2D eigenvalue weighted by atomic mass is 32.1. The van der Waals surface area contributed by atoms with Crippen LogP contribution in [0.2, 0.25) is 0 Å². The molecule has 2 aromatic rings. The molecule has 1 N–H and O–H groups in total. The Hall–Kier alpha value is -1.27. The predicted octanol–water partition coefficient (Wildman–Crippen LogP) is 2.02. The van der Waals surface area contributed by atoms with E-state index in [0.717, 1.165) is 25.2 Å². The lowest BCUT2D eigenvalue weighted by Crippen LogP contribution is -2.25. The molecule has 0 spiro atoms. The summed E-state index contributed by atoms with van der Waals surface area (Å²) in [5.74, 6) is 0. The van der Waals surface area contributed by atoms with Crippen molar-refractivity contribution >= 4 is 11.5 Å². The molecular weight excluding hydrogens is 246 g/mol. The van der Waals surface area contributed by atoms with Crippen molar-refractivity contribution in [1.29, 1.82) is 0 Å². The van der Waals surface area contributed by atoms with Gasteiger partial charge in [-0.3, -0.25) is 4.68 Å². The lowest BCUT2D eigenvalue weighted by Gasteiger charge is -2.18. The summed E-state index contributed by atoms with van der Waals surface area (Å²) in [7, 11) is 0. The van der Waals surface area contributed by atoms with Gasteiger partial charge in [-0.05, 0) is 37.5 Å². The summed E-state index contributed by atoms with van der Waals surface area (Å²) < 4.78 is 6.10. The van der Waals surface area contributed by atoms with Crippen molar-refractivity contribution in [2.24, 2.45) is 0 Å². The van der Waals surface area contributed by atoms with E-state index in [1.807, 2.05) is 10.9 Å². The molecule has 0 aliphatic heterocycles. The summed E-state index contributed by atoms with van der Waals surface area (Å²) in [6.07, 6.45) is 2.76. The molecular formula is C12H19N5S. The predicted molar refractivity (Wildman–Crippen MR) is 72.7 cm³/mol. The van der Waals surface area contributed by atoms with Crippen molar-refractivity contribution in [3.8, 4) is 0 Å². The Balaban J connectivity index is 2.40. The standard InChI is InChI=1S/C12H19N5S/c1-4-9-12(18-16-15-9)11(13-5-2)10-7-8-14-17(10)6-3/h7-8,11,13H,4-6H2,1-3H3. The van der Waals surface area contributed by atoms with Crippen LogP contribution in [-0.2, 0) is 13.0 Å². The van der Waals surface area contributed by atoms with Gasteiger partial charge in [-0.15, -0.1) is 5.10 Å². The molecule has 0 bridgehead atoms. The van der Waals surface area contributed by atoms with Gasteiger partial charge in [0.05, 0.1) is 22.3 Å². The molecule has 0 aliphatic rings. The first kappa shape index (κ1) is 13.2. The fourth-order valence-electron chi connectivity index (χ4n) is 2.07. The molecule has 2 rings (SSSR count). The van der Waals surface area contributed by atoms with Crippen molar-refractivity contribution in [2.45, 2.75) is 39.8 Å². The van der Waals surface area contributed by atoms with Gasteiger partial charge in [0.2, 0.25) is 0 Å². The van der Waals surface area contributed by atoms with Crippen LogP contribution in [0.15, 0.2) is 12.3 Å². The molecule has 0 fully saturated rings. The zero-order valence-electron chi connectivity index (χ0n) is 11.1. The third-order valence-electron chi connectivity index (χ3n) is 2.94. The fourth-order valence-corrected chi connectivity index (χ4v) is 2.90. The van der Waals surface area contributed by atoms with Crippen molar-refractivity contribution in [3.05, 3.63) is 28.5 Å². The molecule has 1 atom stereocenters. The van der Waals surface area contributed by atoms with E-state index in [4.69, 9.17) is 0 Å². The second-order valence-electron chi connectivity index (χ2n) is 4.00. The summed E-state index contributed by atoms with van der Waals surface area (Å²) in [6.45, 7) is 8.10. The van der Waals surface area contributed by atoms with E-state index in [2.05, 4.69) is 46.8 Å². The van der Waals surface area contributed by atoms with Crippen LogP contribution in [0.1, 0.15) is 43.1 Å². The SMILES string of the molecule is CCNC(c1snnc1CC)c1ccnn1CC. The topological polar surface area (TPSA) is 55.6 Å². The molecule has 0 saturated heterocycles. The first-order valence-corrected chi connectivity index (χ1v) is 7.15. The first-order valence-electron chi connectivity index (χ1n) is 6.37. The molecule has 0 radical (unpaired) electrons. The summed E-state index contributed by atoms with van der Waals surface area (Å²) in [5.41, 5.74) is 2.26. The average Bonchev–Trinajstić information content (AvgIpc) is 3.04. The van der Waals surface area contributed by atoms with Gasteiger partial charge in [0.25, 0.3) is 0 Å². The van der Waals surface area contributed by atoms with Crippen LogP contribution in [0, 0.1) is 0 Å². The highest BCUT2D eigenvalue weighted by Crippen LogP contribution is 2.27. The highest BCUT2D eigenvalue weighted by molar-refractivity contribution is 7.05. The summed E-state index contributed by atoms with van der Waals surface area (Å²) >= 11 is 1.47. The monoisotopic (exact) mass is 265 g/mol. The summed E-state index contributed by atoms with van der Waals surface area (Å²) in [6, 6.07) is 2.21. The second kappa shape index (κ2) is 6.06. The maximum Gasteiger partial charge on any atom is 0.0877 e. The molecule has 18 heavy (non-hydrogen) atoms. The quantitative estimate of drug-likeness (QED) is 0.868. The Morgan fingerprint density at radius 2 is 2.22 bits per heavy atom. The van der Waals surface area contributed by atoms with Crippen LogP contribution in [-0.4, -0.2) is 25.9 Å². The van der Waals surface area contributed by atoms with Crippen molar-refractivity contribution in [1.82, 2.24) is 24.7 Å². The number of hydrogen-bond acceptors (Lipinski definition) is 5. The van der Waals surface area contributed by atoms with Gasteiger partial charge in [0, 0.05) is 12.7 Å². The van der Waals surface area contributed by atoms with Gasteiger partial charge in [-0.25, -0.2) is 0 Å². The zero-order chi connectivity index (χ0) is 13.0. The molecule has 1 unspecified atom stereocenters. The number of aromatic nitrogens is 4. The van der Waals surface area contributed by atoms with E-state index >= 15 is 0 Å². The van der Waals surface area contributed by atoms with Gasteiger partial charge in [0.1, 0.15) is 0 Å². The van der Waals surface area contributed by atoms with E-state index in [1.54, 1.807) is 0 Å². The Bertz CT molecular complexity index is 448. The molecule has 0 amide bonds. The van der Waals surface area contributed by atoms with E-state index < -0.39 is 0 Å². The lowest BCUT2D eigenvalue weighted by atomic mass is 10.1. The molecule has 0 aliphatic carbocycles. The highest BCUT2D eigenvalue weighted by Gasteiger charge is 2.22. The number of nitrogens with zero attached hydrogens (tertiary/aromatic N) is 4. The van der Waals surface area contributed by atoms with E-state index in [0.29, 0.717) is 0 Å². The van der Waals surface area contributed by atoms with Gasteiger partial charge in [0.15, 0.2) is 0 Å². The van der Waals surface area contributed by atoms with Crippen molar-refractivity contribution < 1.29 is 0 Å². The number of nitrogens with one attached hydrogen (secondary N) is 1. The van der Waals surface area contributed by atoms with Crippen LogP contribution in [0.3, 0.4) is 0 Å². The Labute approximate surface area is 111 Å². The zero-order valence-corrected chi connectivity index (χ0v) is 11.9. The molecule has 0 aromatic carbocycles. The van der Waals surface area contributed by atoms with Gasteiger partial charge < -0.3 is 5.32 Å². The van der Waals surface area contributed by atoms with Gasteiger partial charge in [-0.2, -0.15) is 5.10 Å². The first-order chi connectivity index (χ1) is 8.81. The second-order valence-corrected chi connectivity index (χ2v) is 4.79. The molecule has 5 nitrogen and oxygen atoms in total. The Morgan fingerprint density at radius 3 is 2.89 bits per heavy atom. The van der Waals surface area contributed by atoms with Crippen LogP contribution in [0.25, 0.3) is 0 Å². The summed E-state index contributed by atoms with van der Waals surface area (Å²) in [4.78, 5) is 1.20. The normalized spacial score (nSPS) is 12.8. The Kier molecular flexibility index (Phi) is 4.43. The third kappa shape index (κ3) is 2.44. The molecule has 6 heteroatoms. The fraction of sp³-hybridized carbons (Fsp3) is 0.583. The lowest BCUT2D eigenvalue weighted by molar-refractivity contribution is 0.544. The maximum atomic E-state index is 4.34. The minimum Gasteiger partial charge on any atom is -0.304 e. The Morgan fingerprint density at radius 1 is 1.39 bits per heavy atom. The number of hydrogen-bond donors (Lipinski definition) is 1. The number of aryl methyl sites for hydroxylation is 2. The summed E-state index contributed by atoms with van der Waals surface area (Å²) in [5, 5.41) is 12.1. The van der Waals surface area contributed by atoms with Crippen LogP contribution in [0.4, 0.5) is 0 Å². The minimum atomic E-state index is 0.146. The maximum absolute atomic E-state index is 4.34. The van der Waals surface area contributed by atoms with Crippen LogP contribution < -0.4 is 5.32 Å². The minimum absolute atomic E-state index is 0.146. The largest absolute Gasteiger partial charge is 0.304 e. The van der Waals surface area contributed by atoms with E-state index in [1.165, 1.54) is 22.1 Å². The van der Waals surface area contributed by atoms with E-state index in [9.17, 15) is 0 Å². The smallest absolute Gasteiger partial charge is 0.0877 e. The van der Waals surface area contributed by atoms with Crippen LogP contribution in [0.5, 0.6) is 0 Å². The van der Waals surface area contributed by atoms with Crippen molar-refractivity contribution in [2.75, 3.05) is 6.54 Å². The third-order valence-corrected chi connectivity index (χ3v) is 3.77. The van der Waals surface area contributed by atoms with Crippen molar-refractivity contribution in [3.63, 3.8) is 0 Å². The number of rotatable bonds is 6. The molecule has 0 saturated carbocycles. The van der Waals surface area contributed by atoms with Crippen LogP contribution >= 0.6 is 11.5 Å².